The number of hydrogen-bond acceptors (Lipinski definition) is 4. The van der Waals surface area contributed by atoms with E-state index in [0.717, 1.165) is 26.2 Å². The van der Waals surface area contributed by atoms with E-state index in [1.165, 1.54) is 6.92 Å². The second kappa shape index (κ2) is 3.27. The SMILES string of the molecule is CC(=O)OC1CN2CCN1C(C)C2. The minimum atomic E-state index is -0.175. The number of piperazine rings is 3. The molecule has 3 heterocycles. The van der Waals surface area contributed by atoms with Crippen LogP contribution in [0.3, 0.4) is 0 Å². The lowest BCUT2D eigenvalue weighted by Gasteiger charge is -2.50. The number of carbonyl (C=O) groups excluding carboxylic acids is 1. The van der Waals surface area contributed by atoms with Crippen molar-refractivity contribution in [2.24, 2.45) is 0 Å². The molecule has 0 aromatic heterocycles. The normalized spacial score (nSPS) is 43.2. The summed E-state index contributed by atoms with van der Waals surface area (Å²) in [5.74, 6) is -0.175. The highest BCUT2D eigenvalue weighted by atomic mass is 16.6. The van der Waals surface area contributed by atoms with Crippen molar-refractivity contribution in [3.05, 3.63) is 0 Å². The van der Waals surface area contributed by atoms with Crippen LogP contribution in [0.4, 0.5) is 0 Å². The number of carbonyl (C=O) groups is 1. The van der Waals surface area contributed by atoms with E-state index in [0.29, 0.717) is 6.04 Å². The minimum absolute atomic E-state index is 0.00463. The molecule has 4 atom stereocenters. The predicted molar refractivity (Wildman–Crippen MR) is 48.2 cm³/mol. The third-order valence-corrected chi connectivity index (χ3v) is 2.85. The van der Waals surface area contributed by atoms with E-state index < -0.39 is 0 Å². The van der Waals surface area contributed by atoms with Gasteiger partial charge in [-0.15, -0.1) is 0 Å². The van der Waals surface area contributed by atoms with E-state index in [-0.39, 0.29) is 12.2 Å². The van der Waals surface area contributed by atoms with Crippen LogP contribution in [0, 0.1) is 0 Å². The summed E-state index contributed by atoms with van der Waals surface area (Å²) in [7, 11) is 0. The van der Waals surface area contributed by atoms with Gasteiger partial charge in [-0.2, -0.15) is 0 Å². The van der Waals surface area contributed by atoms with Gasteiger partial charge >= 0.3 is 5.97 Å². The van der Waals surface area contributed by atoms with Crippen molar-refractivity contribution in [3.8, 4) is 0 Å². The summed E-state index contributed by atoms with van der Waals surface area (Å²) in [6.45, 7) is 7.79. The molecule has 0 aromatic rings. The van der Waals surface area contributed by atoms with Crippen molar-refractivity contribution in [1.29, 1.82) is 0 Å². The van der Waals surface area contributed by atoms with Gasteiger partial charge < -0.3 is 4.74 Å². The molecule has 2 bridgehead atoms. The van der Waals surface area contributed by atoms with Crippen molar-refractivity contribution < 1.29 is 9.53 Å². The highest BCUT2D eigenvalue weighted by Gasteiger charge is 2.38. The van der Waals surface area contributed by atoms with Gasteiger partial charge in [0.15, 0.2) is 6.23 Å². The Balaban J connectivity index is 2.01. The molecular weight excluding hydrogens is 168 g/mol. The van der Waals surface area contributed by atoms with E-state index >= 15 is 0 Å². The van der Waals surface area contributed by atoms with Gasteiger partial charge in [-0.05, 0) is 6.92 Å². The van der Waals surface area contributed by atoms with Crippen molar-refractivity contribution in [3.63, 3.8) is 0 Å². The van der Waals surface area contributed by atoms with E-state index in [1.54, 1.807) is 0 Å². The summed E-state index contributed by atoms with van der Waals surface area (Å²) in [5.41, 5.74) is 0. The average Bonchev–Trinajstić information content (AvgIpc) is 2.02. The molecule has 0 spiro atoms. The van der Waals surface area contributed by atoms with Crippen molar-refractivity contribution in [2.45, 2.75) is 26.1 Å². The van der Waals surface area contributed by atoms with Crippen LogP contribution >= 0.6 is 0 Å². The molecule has 0 saturated carbocycles. The van der Waals surface area contributed by atoms with E-state index in [1.807, 2.05) is 0 Å². The predicted octanol–water partition coefficient (Wildman–Crippen LogP) is -0.105. The van der Waals surface area contributed by atoms with Gasteiger partial charge in [0, 0.05) is 39.1 Å². The van der Waals surface area contributed by atoms with Crippen molar-refractivity contribution >= 4 is 5.97 Å². The topological polar surface area (TPSA) is 32.8 Å². The van der Waals surface area contributed by atoms with Crippen LogP contribution < -0.4 is 0 Å². The highest BCUT2D eigenvalue weighted by Crippen LogP contribution is 2.21. The molecule has 3 fully saturated rings. The van der Waals surface area contributed by atoms with E-state index in [9.17, 15) is 4.79 Å². The molecule has 4 nitrogen and oxygen atoms in total. The number of fused-ring (bicyclic) bond motifs is 3. The molecule has 3 aliphatic rings. The summed E-state index contributed by atoms with van der Waals surface area (Å²) in [5, 5.41) is 0. The first-order chi connectivity index (χ1) is 6.16. The van der Waals surface area contributed by atoms with Gasteiger partial charge in [-0.3, -0.25) is 14.6 Å². The van der Waals surface area contributed by atoms with Gasteiger partial charge in [0.2, 0.25) is 0 Å². The largest absolute Gasteiger partial charge is 0.445 e. The molecule has 0 N–H and O–H groups in total. The maximum atomic E-state index is 10.8. The zero-order chi connectivity index (χ0) is 9.42. The fourth-order valence-corrected chi connectivity index (χ4v) is 2.26. The first-order valence-corrected chi connectivity index (χ1v) is 4.82. The molecule has 13 heavy (non-hydrogen) atoms. The van der Waals surface area contributed by atoms with Crippen LogP contribution in [-0.4, -0.2) is 54.2 Å². The average molecular weight is 184 g/mol. The van der Waals surface area contributed by atoms with Crippen LogP contribution in [-0.2, 0) is 9.53 Å². The molecule has 4 heteroatoms. The lowest BCUT2D eigenvalue weighted by atomic mass is 10.1. The third kappa shape index (κ3) is 1.69. The number of ether oxygens (including phenoxy) is 1. The molecule has 3 aliphatic heterocycles. The maximum Gasteiger partial charge on any atom is 0.304 e. The molecule has 0 aromatic carbocycles. The Kier molecular flexibility index (Phi) is 2.26. The molecule has 74 valence electrons. The van der Waals surface area contributed by atoms with Gasteiger partial charge in [0.25, 0.3) is 0 Å². The zero-order valence-corrected chi connectivity index (χ0v) is 8.19. The quantitative estimate of drug-likeness (QED) is 0.533. The van der Waals surface area contributed by atoms with Crippen LogP contribution in [0.25, 0.3) is 0 Å². The summed E-state index contributed by atoms with van der Waals surface area (Å²) < 4.78 is 5.24. The number of nitrogens with zero attached hydrogens (tertiary/aromatic N) is 2. The summed E-state index contributed by atoms with van der Waals surface area (Å²) in [4.78, 5) is 15.5. The summed E-state index contributed by atoms with van der Waals surface area (Å²) in [6.07, 6.45) is -0.00463. The molecule has 0 amide bonds. The highest BCUT2D eigenvalue weighted by molar-refractivity contribution is 5.66. The number of esters is 1. The lowest BCUT2D eigenvalue weighted by Crippen LogP contribution is -2.65. The fraction of sp³-hybridized carbons (Fsp3) is 0.889. The molecule has 0 aliphatic carbocycles. The first kappa shape index (κ1) is 8.97. The molecule has 3 rings (SSSR count). The number of hydrogen-bond donors (Lipinski definition) is 0. The Morgan fingerprint density at radius 1 is 1.38 bits per heavy atom. The smallest absolute Gasteiger partial charge is 0.304 e. The maximum absolute atomic E-state index is 10.8. The second-order valence-electron chi connectivity index (χ2n) is 3.91. The van der Waals surface area contributed by atoms with Gasteiger partial charge in [0.1, 0.15) is 0 Å². The Bertz CT molecular complexity index is 220. The van der Waals surface area contributed by atoms with Gasteiger partial charge in [-0.25, -0.2) is 0 Å². The van der Waals surface area contributed by atoms with Crippen LogP contribution in [0.5, 0.6) is 0 Å². The molecule has 4 unspecified atom stereocenters. The monoisotopic (exact) mass is 184 g/mol. The second-order valence-corrected chi connectivity index (χ2v) is 3.91. The van der Waals surface area contributed by atoms with Crippen LogP contribution in [0.15, 0.2) is 0 Å². The Morgan fingerprint density at radius 2 is 2.15 bits per heavy atom. The molecular formula is C9H16N2O2. The van der Waals surface area contributed by atoms with Gasteiger partial charge in [-0.1, -0.05) is 0 Å². The summed E-state index contributed by atoms with van der Waals surface area (Å²) >= 11 is 0. The van der Waals surface area contributed by atoms with Gasteiger partial charge in [0.05, 0.1) is 0 Å². The minimum Gasteiger partial charge on any atom is -0.445 e. The van der Waals surface area contributed by atoms with Crippen LogP contribution in [0.2, 0.25) is 0 Å². The number of rotatable bonds is 1. The third-order valence-electron chi connectivity index (χ3n) is 2.85. The summed E-state index contributed by atoms with van der Waals surface area (Å²) in [6, 6.07) is 0.520. The molecule has 3 saturated heterocycles. The lowest BCUT2D eigenvalue weighted by molar-refractivity contribution is -0.177. The van der Waals surface area contributed by atoms with Crippen molar-refractivity contribution in [2.75, 3.05) is 26.2 Å². The Hall–Kier alpha value is -0.610. The van der Waals surface area contributed by atoms with Crippen molar-refractivity contribution in [1.82, 2.24) is 9.80 Å². The van der Waals surface area contributed by atoms with E-state index in [4.69, 9.17) is 4.74 Å². The fourth-order valence-electron chi connectivity index (χ4n) is 2.26. The molecule has 0 radical (unpaired) electrons. The standard InChI is InChI=1S/C9H16N2O2/c1-7-5-10-3-4-11(7)9(6-10)13-8(2)12/h7,9H,3-6H2,1-2H3. The Morgan fingerprint density at radius 3 is 2.69 bits per heavy atom. The zero-order valence-electron chi connectivity index (χ0n) is 8.19. The van der Waals surface area contributed by atoms with E-state index in [2.05, 4.69) is 16.7 Å². The van der Waals surface area contributed by atoms with Crippen LogP contribution in [0.1, 0.15) is 13.8 Å². The Labute approximate surface area is 78.4 Å². The first-order valence-electron chi connectivity index (χ1n) is 4.82.